The molecule has 20 heavy (non-hydrogen) atoms. The number of ketones is 2. The lowest BCUT2D eigenvalue weighted by Gasteiger charge is -2.04. The molecule has 0 saturated carbocycles. The third-order valence-electron chi connectivity index (χ3n) is 3.84. The molecular formula is C18H16O2. The first-order valence-corrected chi connectivity index (χ1v) is 6.97. The van der Waals surface area contributed by atoms with Crippen LogP contribution in [0, 0.1) is 0 Å². The Morgan fingerprint density at radius 2 is 1.50 bits per heavy atom. The second kappa shape index (κ2) is 5.41. The van der Waals surface area contributed by atoms with Gasteiger partial charge in [0.05, 0.1) is 6.42 Å². The number of benzene rings is 2. The van der Waals surface area contributed by atoms with E-state index in [2.05, 4.69) is 0 Å². The van der Waals surface area contributed by atoms with E-state index in [1.807, 2.05) is 36.4 Å². The van der Waals surface area contributed by atoms with Gasteiger partial charge in [0.1, 0.15) is 0 Å². The summed E-state index contributed by atoms with van der Waals surface area (Å²) in [5.41, 5.74) is 3.87. The van der Waals surface area contributed by atoms with Crippen molar-refractivity contribution < 1.29 is 9.59 Å². The first-order chi connectivity index (χ1) is 9.74. The van der Waals surface area contributed by atoms with Gasteiger partial charge in [0.15, 0.2) is 11.6 Å². The zero-order chi connectivity index (χ0) is 13.9. The fourth-order valence-electron chi connectivity index (χ4n) is 2.72. The maximum absolute atomic E-state index is 12.2. The van der Waals surface area contributed by atoms with Gasteiger partial charge in [-0.1, -0.05) is 42.5 Å². The highest BCUT2D eigenvalue weighted by atomic mass is 16.1. The third kappa shape index (κ3) is 2.55. The van der Waals surface area contributed by atoms with Gasteiger partial charge in [0.25, 0.3) is 0 Å². The standard InChI is InChI=1S/C18H16O2/c19-17(14-5-2-1-3-6-14)12-18(20)16-10-9-13-7-4-8-15(13)11-16/h1-3,5-6,9-11H,4,7-8,12H2. The lowest BCUT2D eigenvalue weighted by atomic mass is 9.99. The van der Waals surface area contributed by atoms with E-state index >= 15 is 0 Å². The van der Waals surface area contributed by atoms with E-state index in [9.17, 15) is 9.59 Å². The minimum absolute atomic E-state index is 0.0528. The number of carbonyl (C=O) groups excluding carboxylic acids is 2. The van der Waals surface area contributed by atoms with Gasteiger partial charge in [-0.15, -0.1) is 0 Å². The maximum Gasteiger partial charge on any atom is 0.170 e. The highest BCUT2D eigenvalue weighted by Crippen LogP contribution is 2.23. The Morgan fingerprint density at radius 3 is 2.30 bits per heavy atom. The molecule has 2 aromatic rings. The SMILES string of the molecule is O=C(CC(=O)c1ccc2c(c1)CCC2)c1ccccc1. The molecule has 1 aliphatic rings. The predicted octanol–water partition coefficient (Wildman–Crippen LogP) is 3.63. The fraction of sp³-hybridized carbons (Fsp3) is 0.222. The van der Waals surface area contributed by atoms with Crippen molar-refractivity contribution in [2.24, 2.45) is 0 Å². The van der Waals surface area contributed by atoms with Gasteiger partial charge in [0.2, 0.25) is 0 Å². The molecule has 2 nitrogen and oxygen atoms in total. The van der Waals surface area contributed by atoms with Crippen LogP contribution in [0.4, 0.5) is 0 Å². The van der Waals surface area contributed by atoms with Crippen molar-refractivity contribution >= 4 is 11.6 Å². The van der Waals surface area contributed by atoms with Gasteiger partial charge in [0, 0.05) is 11.1 Å². The summed E-state index contributed by atoms with van der Waals surface area (Å²) < 4.78 is 0. The molecule has 0 aliphatic heterocycles. The van der Waals surface area contributed by atoms with Crippen LogP contribution in [0.25, 0.3) is 0 Å². The molecule has 0 spiro atoms. The second-order valence-corrected chi connectivity index (χ2v) is 5.23. The molecule has 0 atom stereocenters. The van der Waals surface area contributed by atoms with Gasteiger partial charge in [-0.3, -0.25) is 9.59 Å². The molecule has 2 aromatic carbocycles. The van der Waals surface area contributed by atoms with E-state index in [-0.39, 0.29) is 18.0 Å². The van der Waals surface area contributed by atoms with E-state index in [1.165, 1.54) is 11.1 Å². The minimum Gasteiger partial charge on any atom is -0.294 e. The molecule has 3 rings (SSSR count). The van der Waals surface area contributed by atoms with Crippen molar-refractivity contribution in [2.75, 3.05) is 0 Å². The maximum atomic E-state index is 12.2. The number of fused-ring (bicyclic) bond motifs is 1. The van der Waals surface area contributed by atoms with Gasteiger partial charge in [-0.25, -0.2) is 0 Å². The summed E-state index contributed by atoms with van der Waals surface area (Å²) in [7, 11) is 0. The van der Waals surface area contributed by atoms with Crippen LogP contribution >= 0.6 is 0 Å². The monoisotopic (exact) mass is 264 g/mol. The van der Waals surface area contributed by atoms with Crippen molar-refractivity contribution in [3.05, 3.63) is 70.8 Å². The summed E-state index contributed by atoms with van der Waals surface area (Å²) in [6, 6.07) is 14.8. The van der Waals surface area contributed by atoms with E-state index in [0.717, 1.165) is 19.3 Å². The lowest BCUT2D eigenvalue weighted by molar-refractivity contribution is 0.0894. The van der Waals surface area contributed by atoms with Crippen LogP contribution in [-0.4, -0.2) is 11.6 Å². The molecule has 0 unspecified atom stereocenters. The molecule has 0 fully saturated rings. The predicted molar refractivity (Wildman–Crippen MR) is 78.2 cm³/mol. The van der Waals surface area contributed by atoms with E-state index in [4.69, 9.17) is 0 Å². The Balaban J connectivity index is 1.75. The zero-order valence-electron chi connectivity index (χ0n) is 11.3. The Morgan fingerprint density at radius 1 is 0.800 bits per heavy atom. The van der Waals surface area contributed by atoms with E-state index in [1.54, 1.807) is 12.1 Å². The number of hydrogen-bond donors (Lipinski definition) is 0. The molecule has 0 aromatic heterocycles. The molecule has 100 valence electrons. The van der Waals surface area contributed by atoms with Crippen LogP contribution in [0.3, 0.4) is 0 Å². The van der Waals surface area contributed by atoms with Crippen molar-refractivity contribution in [2.45, 2.75) is 25.7 Å². The number of rotatable bonds is 4. The second-order valence-electron chi connectivity index (χ2n) is 5.23. The van der Waals surface area contributed by atoms with E-state index < -0.39 is 0 Å². The van der Waals surface area contributed by atoms with E-state index in [0.29, 0.717) is 11.1 Å². The highest BCUT2D eigenvalue weighted by Gasteiger charge is 2.16. The Hall–Kier alpha value is -2.22. The summed E-state index contributed by atoms with van der Waals surface area (Å²) in [6.07, 6.45) is 3.26. The largest absolute Gasteiger partial charge is 0.294 e. The first kappa shape index (κ1) is 12.8. The van der Waals surface area contributed by atoms with Crippen molar-refractivity contribution in [3.8, 4) is 0 Å². The molecule has 2 heteroatoms. The third-order valence-corrected chi connectivity index (χ3v) is 3.84. The summed E-state index contributed by atoms with van der Waals surface area (Å²) in [4.78, 5) is 24.2. The Bertz CT molecular complexity index is 656. The van der Waals surface area contributed by atoms with Gasteiger partial charge in [-0.05, 0) is 36.5 Å². The van der Waals surface area contributed by atoms with Crippen molar-refractivity contribution in [1.29, 1.82) is 0 Å². The molecule has 0 bridgehead atoms. The fourth-order valence-corrected chi connectivity index (χ4v) is 2.72. The molecule has 0 N–H and O–H groups in total. The van der Waals surface area contributed by atoms with Gasteiger partial charge >= 0.3 is 0 Å². The summed E-state index contributed by atoms with van der Waals surface area (Å²) in [5.74, 6) is -0.204. The smallest absolute Gasteiger partial charge is 0.170 e. The average Bonchev–Trinajstić information content (AvgIpc) is 2.95. The topological polar surface area (TPSA) is 34.1 Å². The summed E-state index contributed by atoms with van der Waals surface area (Å²) >= 11 is 0. The molecule has 0 heterocycles. The van der Waals surface area contributed by atoms with Crippen LogP contribution in [-0.2, 0) is 12.8 Å². The molecule has 0 radical (unpaired) electrons. The van der Waals surface area contributed by atoms with Crippen LogP contribution in [0.1, 0.15) is 44.7 Å². The first-order valence-electron chi connectivity index (χ1n) is 6.97. The minimum atomic E-state index is -0.115. The summed E-state index contributed by atoms with van der Waals surface area (Å²) in [6.45, 7) is 0. The number of hydrogen-bond acceptors (Lipinski definition) is 2. The summed E-state index contributed by atoms with van der Waals surface area (Å²) in [5, 5.41) is 0. The Kier molecular flexibility index (Phi) is 3.46. The molecule has 1 aliphatic carbocycles. The van der Waals surface area contributed by atoms with Gasteiger partial charge < -0.3 is 0 Å². The van der Waals surface area contributed by atoms with Crippen LogP contribution in [0.5, 0.6) is 0 Å². The Labute approximate surface area is 118 Å². The van der Waals surface area contributed by atoms with Crippen molar-refractivity contribution in [3.63, 3.8) is 0 Å². The van der Waals surface area contributed by atoms with Crippen LogP contribution in [0.15, 0.2) is 48.5 Å². The zero-order valence-corrected chi connectivity index (χ0v) is 11.3. The quantitative estimate of drug-likeness (QED) is 0.624. The average molecular weight is 264 g/mol. The number of Topliss-reactive ketones (excluding diaryl/α,β-unsaturated/α-hetero) is 2. The van der Waals surface area contributed by atoms with Crippen LogP contribution in [0.2, 0.25) is 0 Å². The van der Waals surface area contributed by atoms with Gasteiger partial charge in [-0.2, -0.15) is 0 Å². The van der Waals surface area contributed by atoms with Crippen molar-refractivity contribution in [1.82, 2.24) is 0 Å². The highest BCUT2D eigenvalue weighted by molar-refractivity contribution is 6.13. The molecule has 0 saturated heterocycles. The normalized spacial score (nSPS) is 13.0. The van der Waals surface area contributed by atoms with Crippen LogP contribution < -0.4 is 0 Å². The number of carbonyl (C=O) groups is 2. The molecular weight excluding hydrogens is 248 g/mol. The lowest BCUT2D eigenvalue weighted by Crippen LogP contribution is -2.09. The number of aryl methyl sites for hydroxylation is 2. The molecule has 0 amide bonds.